The smallest absolute Gasteiger partial charge is 0.335 e. The first-order chi connectivity index (χ1) is 25.6. The molecule has 16 heteroatoms. The van der Waals surface area contributed by atoms with Gasteiger partial charge in [-0.3, -0.25) is 14.4 Å². The molecule has 3 N–H and O–H groups in total. The molecule has 1 atom stereocenters. The Morgan fingerprint density at radius 1 is 1.00 bits per heavy atom. The van der Waals surface area contributed by atoms with Crippen molar-refractivity contribution < 1.29 is 33.4 Å². The van der Waals surface area contributed by atoms with Gasteiger partial charge in [0.25, 0.3) is 11.8 Å². The summed E-state index contributed by atoms with van der Waals surface area (Å²) in [6.07, 6.45) is 3.98. The van der Waals surface area contributed by atoms with E-state index in [0.717, 1.165) is 11.6 Å². The fourth-order valence-corrected chi connectivity index (χ4v) is 6.48. The van der Waals surface area contributed by atoms with Crippen molar-refractivity contribution in [3.8, 4) is 16.8 Å². The Labute approximate surface area is 312 Å². The number of nitrogens with zero attached hydrogens (tertiary/aromatic N) is 5. The normalized spacial score (nSPS) is 13.8. The lowest BCUT2D eigenvalue weighted by molar-refractivity contribution is -0.135. The van der Waals surface area contributed by atoms with E-state index in [4.69, 9.17) is 27.9 Å². The van der Waals surface area contributed by atoms with Crippen LogP contribution in [-0.2, 0) is 20.7 Å². The number of tetrazole rings is 1. The van der Waals surface area contributed by atoms with Crippen LogP contribution in [0.2, 0.25) is 10.0 Å². The van der Waals surface area contributed by atoms with Gasteiger partial charge in [0.1, 0.15) is 12.4 Å². The van der Waals surface area contributed by atoms with Crippen LogP contribution in [-0.4, -0.2) is 80.7 Å². The van der Waals surface area contributed by atoms with Crippen LogP contribution >= 0.6 is 23.2 Å². The van der Waals surface area contributed by atoms with Crippen LogP contribution in [0.4, 0.5) is 10.1 Å². The summed E-state index contributed by atoms with van der Waals surface area (Å²) < 4.78 is 21.5. The van der Waals surface area contributed by atoms with Crippen molar-refractivity contribution in [2.75, 3.05) is 32.1 Å². The van der Waals surface area contributed by atoms with Crippen molar-refractivity contribution in [2.24, 2.45) is 0 Å². The van der Waals surface area contributed by atoms with E-state index in [1.54, 1.807) is 30.3 Å². The van der Waals surface area contributed by atoms with Crippen LogP contribution in [0.1, 0.15) is 43.4 Å². The fourth-order valence-electron chi connectivity index (χ4n) is 6.03. The molecule has 1 aliphatic rings. The van der Waals surface area contributed by atoms with E-state index < -0.39 is 29.6 Å². The third kappa shape index (κ3) is 7.94. The number of aromatic carboxylic acids is 1. The molecule has 6 rings (SSSR count). The van der Waals surface area contributed by atoms with Crippen molar-refractivity contribution in [1.82, 2.24) is 30.4 Å². The number of carboxylic acid groups (broad SMARTS) is 1. The van der Waals surface area contributed by atoms with Crippen molar-refractivity contribution >= 4 is 58.7 Å². The summed E-state index contributed by atoms with van der Waals surface area (Å²) in [7, 11) is 1.54. The van der Waals surface area contributed by atoms with Gasteiger partial charge >= 0.3 is 5.97 Å². The maximum absolute atomic E-state index is 15.3. The van der Waals surface area contributed by atoms with Crippen LogP contribution in [0.3, 0.4) is 0 Å². The van der Waals surface area contributed by atoms with Gasteiger partial charge in [-0.2, -0.15) is 4.68 Å². The number of methoxy groups -OCH3 is 1. The zero-order chi connectivity index (χ0) is 37.6. The summed E-state index contributed by atoms with van der Waals surface area (Å²) >= 11 is 12.8. The molecule has 0 fully saturated rings. The number of rotatable bonds is 11. The Bertz CT molecular complexity index is 2230. The Kier molecular flexibility index (Phi) is 11.2. The molecule has 1 aliphatic heterocycles. The predicted octanol–water partition coefficient (Wildman–Crippen LogP) is 5.63. The van der Waals surface area contributed by atoms with E-state index in [-0.39, 0.29) is 34.3 Å². The Morgan fingerprint density at radius 2 is 1.77 bits per heavy atom. The molecule has 0 bridgehead atoms. The Balaban J connectivity index is 1.37. The first kappa shape index (κ1) is 36.8. The van der Waals surface area contributed by atoms with Gasteiger partial charge in [0, 0.05) is 53.7 Å². The molecule has 1 unspecified atom stereocenters. The Hall–Kier alpha value is -5.96. The molecule has 0 saturated heterocycles. The van der Waals surface area contributed by atoms with E-state index in [2.05, 4.69) is 26.2 Å². The fraction of sp³-hybridized carbons (Fsp3) is 0.162. The molecule has 4 aromatic carbocycles. The number of carbonyl (C=O) groups excluding carboxylic acids is 3. The van der Waals surface area contributed by atoms with E-state index in [9.17, 15) is 24.3 Å². The third-order valence-electron chi connectivity index (χ3n) is 8.56. The first-order valence-electron chi connectivity index (χ1n) is 16.1. The lowest BCUT2D eigenvalue weighted by Gasteiger charge is -2.37. The summed E-state index contributed by atoms with van der Waals surface area (Å²) in [6, 6.07) is 17.5. The molecule has 270 valence electrons. The topological polar surface area (TPSA) is 169 Å². The summed E-state index contributed by atoms with van der Waals surface area (Å²) in [5, 5.41) is 26.0. The molecular weight excluding hydrogens is 728 g/mol. The number of carbonyl (C=O) groups is 4. The molecule has 0 spiro atoms. The molecule has 5 aromatic rings. The first-order valence-corrected chi connectivity index (χ1v) is 16.9. The summed E-state index contributed by atoms with van der Waals surface area (Å²) in [4.78, 5) is 53.6. The maximum Gasteiger partial charge on any atom is 0.335 e. The third-order valence-corrected chi connectivity index (χ3v) is 9.17. The Morgan fingerprint density at radius 3 is 2.47 bits per heavy atom. The molecule has 3 amide bonds. The number of hydrogen-bond donors (Lipinski definition) is 3. The molecule has 0 aliphatic carbocycles. The van der Waals surface area contributed by atoms with E-state index in [1.165, 1.54) is 65.5 Å². The minimum absolute atomic E-state index is 0.0299. The molecule has 2 heterocycles. The van der Waals surface area contributed by atoms with Crippen molar-refractivity contribution in [2.45, 2.75) is 12.5 Å². The van der Waals surface area contributed by atoms with Gasteiger partial charge in [0.2, 0.25) is 5.91 Å². The average Bonchev–Trinajstić information content (AvgIpc) is 3.70. The van der Waals surface area contributed by atoms with Crippen LogP contribution in [0, 0.1) is 5.82 Å². The highest BCUT2D eigenvalue weighted by atomic mass is 35.5. The highest BCUT2D eigenvalue weighted by molar-refractivity contribution is 6.33. The average molecular weight is 759 g/mol. The number of fused-ring (bicyclic) bond motifs is 1. The van der Waals surface area contributed by atoms with Gasteiger partial charge in [0.15, 0.2) is 5.82 Å². The van der Waals surface area contributed by atoms with Crippen molar-refractivity contribution in [1.29, 1.82) is 0 Å². The largest absolute Gasteiger partial charge is 0.478 e. The number of ether oxygens (including phenoxy) is 1. The van der Waals surface area contributed by atoms with Gasteiger partial charge in [0.05, 0.1) is 22.9 Å². The standard InChI is InChI=1S/C37H30Cl2FN7O6/c1-53-18-16-41-35(49)22-7-10-26(30(39)19-22)24-3-2-4-27-25(24)15-17-46(34(27)36(50)43-23-8-5-21(6-9-23)37(51)52)32(48)14-11-28-31(47-20-42-44-45-47)13-12-29(38)33(28)40/h2-14,19-20,34H,15-18H2,1H3,(H,41,49)(H,43,50)(H,51,52)/b14-11+. The SMILES string of the molecule is COCCNC(=O)c1ccc(-c2cccc3c2CCN(C(=O)/C=C/c2c(-n4cnnn4)ccc(Cl)c2F)C3C(=O)Nc2ccc(C(=O)O)cc2)c(Cl)c1. The summed E-state index contributed by atoms with van der Waals surface area (Å²) in [6.45, 7) is 0.760. The van der Waals surface area contributed by atoms with Crippen molar-refractivity contribution in [3.05, 3.63) is 129 Å². The van der Waals surface area contributed by atoms with Crippen LogP contribution in [0.15, 0.2) is 85.2 Å². The highest BCUT2D eigenvalue weighted by Gasteiger charge is 2.36. The van der Waals surface area contributed by atoms with Gasteiger partial charge in [-0.05, 0) is 88.1 Å². The van der Waals surface area contributed by atoms with Crippen LogP contribution < -0.4 is 10.6 Å². The number of carboxylic acids is 1. The highest BCUT2D eigenvalue weighted by Crippen LogP contribution is 2.39. The zero-order valence-electron chi connectivity index (χ0n) is 27.9. The predicted molar refractivity (Wildman–Crippen MR) is 194 cm³/mol. The molecular formula is C37H30Cl2FN7O6. The minimum Gasteiger partial charge on any atom is -0.478 e. The van der Waals surface area contributed by atoms with Crippen LogP contribution in [0.5, 0.6) is 0 Å². The summed E-state index contributed by atoms with van der Waals surface area (Å²) in [5.74, 6) is -3.43. The number of amides is 3. The van der Waals surface area contributed by atoms with Crippen LogP contribution in [0.25, 0.3) is 22.9 Å². The monoisotopic (exact) mass is 757 g/mol. The number of aromatic nitrogens is 4. The van der Waals surface area contributed by atoms with E-state index >= 15 is 4.39 Å². The van der Waals surface area contributed by atoms with Gasteiger partial charge < -0.3 is 25.4 Å². The second-order valence-corrected chi connectivity index (χ2v) is 12.6. The second kappa shape index (κ2) is 16.2. The number of anilines is 1. The lowest BCUT2D eigenvalue weighted by Crippen LogP contribution is -2.45. The number of benzene rings is 4. The number of nitrogens with one attached hydrogen (secondary N) is 2. The van der Waals surface area contributed by atoms with E-state index in [1.807, 2.05) is 6.07 Å². The van der Waals surface area contributed by atoms with Gasteiger partial charge in [-0.25, -0.2) is 9.18 Å². The van der Waals surface area contributed by atoms with E-state index in [0.29, 0.717) is 52.5 Å². The molecule has 53 heavy (non-hydrogen) atoms. The maximum atomic E-state index is 15.3. The molecule has 0 radical (unpaired) electrons. The number of hydrogen-bond acceptors (Lipinski definition) is 8. The second-order valence-electron chi connectivity index (χ2n) is 11.8. The van der Waals surface area contributed by atoms with Gasteiger partial charge in [-0.1, -0.05) is 47.5 Å². The molecule has 1 aromatic heterocycles. The quantitative estimate of drug-likeness (QED) is 0.114. The van der Waals surface area contributed by atoms with Gasteiger partial charge in [-0.15, -0.1) is 5.10 Å². The zero-order valence-corrected chi connectivity index (χ0v) is 29.4. The minimum atomic E-state index is -1.18. The van der Waals surface area contributed by atoms with Crippen molar-refractivity contribution in [3.63, 3.8) is 0 Å². The summed E-state index contributed by atoms with van der Waals surface area (Å²) in [5.41, 5.74) is 3.45. The lowest BCUT2D eigenvalue weighted by atomic mass is 9.85. The molecule has 0 saturated carbocycles. The molecule has 13 nitrogen and oxygen atoms in total. The number of halogens is 3.